The summed E-state index contributed by atoms with van der Waals surface area (Å²) >= 11 is 0. The fourth-order valence-electron chi connectivity index (χ4n) is 1.16. The summed E-state index contributed by atoms with van der Waals surface area (Å²) in [7, 11) is 0. The van der Waals surface area contributed by atoms with E-state index in [2.05, 4.69) is 0 Å². The summed E-state index contributed by atoms with van der Waals surface area (Å²) in [5.41, 5.74) is 11.1. The van der Waals surface area contributed by atoms with Crippen molar-refractivity contribution in [1.29, 1.82) is 0 Å². The first-order valence-electron chi connectivity index (χ1n) is 4.67. The second-order valence-corrected chi connectivity index (χ2v) is 3.00. The van der Waals surface area contributed by atoms with E-state index in [4.69, 9.17) is 16.2 Å². The van der Waals surface area contributed by atoms with Gasteiger partial charge in [0.05, 0.1) is 12.3 Å². The largest absolute Gasteiger partial charge is 0.492 e. The molecule has 1 aromatic carbocycles. The van der Waals surface area contributed by atoms with Crippen molar-refractivity contribution in [2.24, 2.45) is 5.73 Å². The monoisotopic (exact) mass is 223 g/mol. The second kappa shape index (κ2) is 5.01. The molecule has 0 atom stereocenters. The predicted molar refractivity (Wildman–Crippen MR) is 59.1 cm³/mol. The molecule has 3 amide bonds. The highest BCUT2D eigenvalue weighted by Gasteiger charge is 2.09. The number of carbonyl (C=O) groups excluding carboxylic acids is 2. The SMILES string of the molecule is CCOc1ccc(C(=O)NC(N)=O)cc1N. The minimum Gasteiger partial charge on any atom is -0.492 e. The Kier molecular flexibility index (Phi) is 3.71. The van der Waals surface area contributed by atoms with Gasteiger partial charge in [0.25, 0.3) is 5.91 Å². The number of hydrogen-bond donors (Lipinski definition) is 3. The number of nitrogens with one attached hydrogen (secondary N) is 1. The fraction of sp³-hybridized carbons (Fsp3) is 0.200. The summed E-state index contributed by atoms with van der Waals surface area (Å²) in [6.07, 6.45) is 0. The zero-order chi connectivity index (χ0) is 12.1. The number of benzene rings is 1. The molecular weight excluding hydrogens is 210 g/mol. The molecule has 86 valence electrons. The average molecular weight is 223 g/mol. The summed E-state index contributed by atoms with van der Waals surface area (Å²) in [4.78, 5) is 21.8. The Morgan fingerprint density at radius 1 is 1.44 bits per heavy atom. The number of nitrogen functional groups attached to an aromatic ring is 1. The van der Waals surface area contributed by atoms with Crippen LogP contribution in [0.15, 0.2) is 18.2 Å². The Morgan fingerprint density at radius 3 is 2.62 bits per heavy atom. The third-order valence-electron chi connectivity index (χ3n) is 1.81. The number of primary amides is 1. The van der Waals surface area contributed by atoms with Crippen molar-refractivity contribution in [2.45, 2.75) is 6.92 Å². The van der Waals surface area contributed by atoms with Crippen LogP contribution in [0.25, 0.3) is 0 Å². The van der Waals surface area contributed by atoms with Crippen molar-refractivity contribution < 1.29 is 14.3 Å². The molecular formula is C10H13N3O3. The first-order valence-corrected chi connectivity index (χ1v) is 4.67. The molecule has 0 radical (unpaired) electrons. The molecule has 0 aromatic heterocycles. The number of hydrogen-bond acceptors (Lipinski definition) is 4. The molecule has 0 bridgehead atoms. The van der Waals surface area contributed by atoms with E-state index in [-0.39, 0.29) is 5.56 Å². The van der Waals surface area contributed by atoms with Crippen LogP contribution in [0, 0.1) is 0 Å². The molecule has 0 fully saturated rings. The summed E-state index contributed by atoms with van der Waals surface area (Å²) < 4.78 is 5.20. The second-order valence-electron chi connectivity index (χ2n) is 3.00. The highest BCUT2D eigenvalue weighted by atomic mass is 16.5. The third kappa shape index (κ3) is 2.88. The quantitative estimate of drug-likeness (QED) is 0.647. The number of imide groups is 1. The first-order chi connectivity index (χ1) is 7.54. The number of ether oxygens (including phenoxy) is 1. The molecule has 0 unspecified atom stereocenters. The van der Waals surface area contributed by atoms with E-state index in [1.807, 2.05) is 12.2 Å². The summed E-state index contributed by atoms with van der Waals surface area (Å²) in [6, 6.07) is 3.58. The van der Waals surface area contributed by atoms with Gasteiger partial charge in [0.1, 0.15) is 5.75 Å². The van der Waals surface area contributed by atoms with Crippen LogP contribution in [0.1, 0.15) is 17.3 Å². The molecule has 0 saturated carbocycles. The summed E-state index contributed by atoms with van der Waals surface area (Å²) in [6.45, 7) is 2.31. The smallest absolute Gasteiger partial charge is 0.319 e. The molecule has 1 aromatic rings. The van der Waals surface area contributed by atoms with Crippen molar-refractivity contribution in [3.63, 3.8) is 0 Å². The molecule has 16 heavy (non-hydrogen) atoms. The molecule has 0 spiro atoms. The number of rotatable bonds is 3. The van der Waals surface area contributed by atoms with Crippen molar-refractivity contribution in [1.82, 2.24) is 5.32 Å². The van der Waals surface area contributed by atoms with Gasteiger partial charge >= 0.3 is 6.03 Å². The number of anilines is 1. The maximum Gasteiger partial charge on any atom is 0.319 e. The Labute approximate surface area is 92.6 Å². The lowest BCUT2D eigenvalue weighted by atomic mass is 10.2. The van der Waals surface area contributed by atoms with Crippen molar-refractivity contribution >= 4 is 17.6 Å². The Morgan fingerprint density at radius 2 is 2.12 bits per heavy atom. The molecule has 0 saturated heterocycles. The number of nitrogens with two attached hydrogens (primary N) is 2. The van der Waals surface area contributed by atoms with E-state index in [0.29, 0.717) is 18.0 Å². The molecule has 0 aliphatic heterocycles. The van der Waals surface area contributed by atoms with Crippen molar-refractivity contribution in [3.05, 3.63) is 23.8 Å². The maximum atomic E-state index is 11.4. The van der Waals surface area contributed by atoms with Crippen LogP contribution >= 0.6 is 0 Å². The minimum atomic E-state index is -0.905. The lowest BCUT2D eigenvalue weighted by molar-refractivity contribution is 0.0966. The van der Waals surface area contributed by atoms with Crippen LogP contribution in [0.5, 0.6) is 5.75 Å². The van der Waals surface area contributed by atoms with Gasteiger partial charge in [-0.1, -0.05) is 0 Å². The van der Waals surface area contributed by atoms with Gasteiger partial charge in [-0.15, -0.1) is 0 Å². The third-order valence-corrected chi connectivity index (χ3v) is 1.81. The van der Waals surface area contributed by atoms with Crippen LogP contribution in [0.3, 0.4) is 0 Å². The minimum absolute atomic E-state index is 0.250. The van der Waals surface area contributed by atoms with Crippen molar-refractivity contribution in [3.8, 4) is 5.75 Å². The van der Waals surface area contributed by atoms with Gasteiger partial charge < -0.3 is 16.2 Å². The van der Waals surface area contributed by atoms with Crippen LogP contribution in [0.4, 0.5) is 10.5 Å². The van der Waals surface area contributed by atoms with Crippen LogP contribution in [-0.4, -0.2) is 18.5 Å². The van der Waals surface area contributed by atoms with E-state index in [1.54, 1.807) is 6.07 Å². The standard InChI is InChI=1S/C10H13N3O3/c1-2-16-8-4-3-6(5-7(8)11)9(14)13-10(12)15/h3-5H,2,11H2,1H3,(H3,12,13,14,15). The van der Waals surface area contributed by atoms with E-state index >= 15 is 0 Å². The van der Waals surface area contributed by atoms with Gasteiger partial charge in [-0.05, 0) is 25.1 Å². The van der Waals surface area contributed by atoms with Gasteiger partial charge in [-0.2, -0.15) is 0 Å². The first kappa shape index (κ1) is 11.8. The summed E-state index contributed by atoms with van der Waals surface area (Å²) in [5, 5.41) is 1.94. The molecule has 6 heteroatoms. The molecule has 0 aliphatic carbocycles. The Hall–Kier alpha value is -2.24. The highest BCUT2D eigenvalue weighted by Crippen LogP contribution is 2.22. The van der Waals surface area contributed by atoms with E-state index in [9.17, 15) is 9.59 Å². The number of amides is 3. The average Bonchev–Trinajstić information content (AvgIpc) is 2.20. The van der Waals surface area contributed by atoms with Gasteiger partial charge in [0, 0.05) is 5.56 Å². The lowest BCUT2D eigenvalue weighted by Gasteiger charge is -2.08. The molecule has 0 aliphatic rings. The predicted octanol–water partition coefficient (Wildman–Crippen LogP) is 0.476. The molecule has 5 N–H and O–H groups in total. The van der Waals surface area contributed by atoms with Gasteiger partial charge in [0.15, 0.2) is 0 Å². The topological polar surface area (TPSA) is 107 Å². The lowest BCUT2D eigenvalue weighted by Crippen LogP contribution is -2.34. The van der Waals surface area contributed by atoms with E-state index < -0.39 is 11.9 Å². The van der Waals surface area contributed by atoms with Gasteiger partial charge in [0.2, 0.25) is 0 Å². The zero-order valence-electron chi connectivity index (χ0n) is 8.82. The van der Waals surface area contributed by atoms with Gasteiger partial charge in [-0.25, -0.2) is 4.79 Å². The normalized spacial score (nSPS) is 9.56. The van der Waals surface area contributed by atoms with E-state index in [1.165, 1.54) is 12.1 Å². The maximum absolute atomic E-state index is 11.4. The molecule has 1 rings (SSSR count). The zero-order valence-corrected chi connectivity index (χ0v) is 8.82. The number of urea groups is 1. The Balaban J connectivity index is 2.88. The van der Waals surface area contributed by atoms with Crippen LogP contribution < -0.4 is 21.5 Å². The Bertz CT molecular complexity index is 418. The highest BCUT2D eigenvalue weighted by molar-refractivity contribution is 6.04. The molecule has 6 nitrogen and oxygen atoms in total. The van der Waals surface area contributed by atoms with Crippen LogP contribution in [0.2, 0.25) is 0 Å². The molecule has 0 heterocycles. The fourth-order valence-corrected chi connectivity index (χ4v) is 1.16. The summed E-state index contributed by atoms with van der Waals surface area (Å²) in [5.74, 6) is -0.0969. The van der Waals surface area contributed by atoms with E-state index in [0.717, 1.165) is 0 Å². The van der Waals surface area contributed by atoms with Crippen LogP contribution in [-0.2, 0) is 0 Å². The van der Waals surface area contributed by atoms with Gasteiger partial charge in [-0.3, -0.25) is 10.1 Å². The number of carbonyl (C=O) groups is 2. The van der Waals surface area contributed by atoms with Crippen molar-refractivity contribution in [2.75, 3.05) is 12.3 Å².